The normalized spacial score (nSPS) is 10.8. The van der Waals surface area contributed by atoms with Crippen molar-refractivity contribution >= 4 is 11.3 Å². The first kappa shape index (κ1) is 15.0. The SMILES string of the molecule is CCCCc1ccc(-c2ccc(OCC)c(F)c2F)s1. The summed E-state index contributed by atoms with van der Waals surface area (Å²) in [5, 5.41) is 0. The number of thiophene rings is 1. The lowest BCUT2D eigenvalue weighted by Crippen LogP contribution is -1.98. The highest BCUT2D eigenvalue weighted by molar-refractivity contribution is 7.15. The predicted octanol–water partition coefficient (Wildman–Crippen LogP) is 5.43. The monoisotopic (exact) mass is 296 g/mol. The zero-order valence-corrected chi connectivity index (χ0v) is 12.5. The Morgan fingerprint density at radius 3 is 2.55 bits per heavy atom. The molecule has 108 valence electrons. The topological polar surface area (TPSA) is 9.23 Å². The van der Waals surface area contributed by atoms with Crippen LogP contribution in [0.3, 0.4) is 0 Å². The van der Waals surface area contributed by atoms with E-state index in [0.29, 0.717) is 12.2 Å². The minimum absolute atomic E-state index is 0.0310. The molecule has 1 nitrogen and oxygen atoms in total. The van der Waals surface area contributed by atoms with Crippen LogP contribution in [0.5, 0.6) is 5.75 Å². The number of halogens is 2. The molecule has 0 aliphatic carbocycles. The molecule has 2 aromatic rings. The van der Waals surface area contributed by atoms with Gasteiger partial charge in [0.15, 0.2) is 11.6 Å². The van der Waals surface area contributed by atoms with E-state index in [9.17, 15) is 8.78 Å². The van der Waals surface area contributed by atoms with Crippen molar-refractivity contribution in [1.82, 2.24) is 0 Å². The first-order chi connectivity index (χ1) is 9.67. The lowest BCUT2D eigenvalue weighted by atomic mass is 10.1. The Hall–Kier alpha value is -1.42. The van der Waals surface area contributed by atoms with Crippen molar-refractivity contribution < 1.29 is 13.5 Å². The minimum atomic E-state index is -0.909. The molecule has 0 spiro atoms. The van der Waals surface area contributed by atoms with E-state index in [-0.39, 0.29) is 5.75 Å². The van der Waals surface area contributed by atoms with E-state index in [1.807, 2.05) is 12.1 Å². The maximum atomic E-state index is 14.1. The van der Waals surface area contributed by atoms with E-state index in [4.69, 9.17) is 4.74 Å². The number of ether oxygens (including phenoxy) is 1. The molecule has 1 aromatic heterocycles. The predicted molar refractivity (Wildman–Crippen MR) is 79.5 cm³/mol. The Balaban J connectivity index is 2.28. The molecule has 0 aliphatic heterocycles. The van der Waals surface area contributed by atoms with Crippen molar-refractivity contribution in [2.75, 3.05) is 6.61 Å². The Bertz CT molecular complexity index is 578. The molecule has 0 fully saturated rings. The van der Waals surface area contributed by atoms with Crippen molar-refractivity contribution in [3.05, 3.63) is 40.8 Å². The Morgan fingerprint density at radius 1 is 1.05 bits per heavy atom. The highest BCUT2D eigenvalue weighted by atomic mass is 32.1. The maximum Gasteiger partial charge on any atom is 0.201 e. The molecule has 0 aliphatic rings. The molecule has 0 unspecified atom stereocenters. The zero-order valence-electron chi connectivity index (χ0n) is 11.7. The molecule has 0 saturated carbocycles. The van der Waals surface area contributed by atoms with Gasteiger partial charge < -0.3 is 4.74 Å². The lowest BCUT2D eigenvalue weighted by Gasteiger charge is -2.07. The first-order valence-electron chi connectivity index (χ1n) is 6.87. The molecule has 2 rings (SSSR count). The Labute approximate surface area is 122 Å². The number of aryl methyl sites for hydroxylation is 1. The van der Waals surface area contributed by atoms with E-state index >= 15 is 0 Å². The largest absolute Gasteiger partial charge is 0.491 e. The number of unbranched alkanes of at least 4 members (excludes halogenated alkanes) is 1. The van der Waals surface area contributed by atoms with Crippen LogP contribution in [0, 0.1) is 11.6 Å². The van der Waals surface area contributed by atoms with Crippen molar-refractivity contribution in [3.8, 4) is 16.2 Å². The minimum Gasteiger partial charge on any atom is -0.491 e. The molecule has 0 saturated heterocycles. The smallest absolute Gasteiger partial charge is 0.201 e. The van der Waals surface area contributed by atoms with Gasteiger partial charge in [0.05, 0.1) is 6.61 Å². The Kier molecular flexibility index (Phi) is 5.12. The Morgan fingerprint density at radius 2 is 1.85 bits per heavy atom. The average molecular weight is 296 g/mol. The molecule has 0 radical (unpaired) electrons. The van der Waals surface area contributed by atoms with E-state index in [1.54, 1.807) is 13.0 Å². The van der Waals surface area contributed by atoms with Crippen molar-refractivity contribution in [3.63, 3.8) is 0 Å². The summed E-state index contributed by atoms with van der Waals surface area (Å²) in [6, 6.07) is 6.92. The van der Waals surface area contributed by atoms with Gasteiger partial charge in [0.1, 0.15) is 0 Å². The fourth-order valence-corrected chi connectivity index (χ4v) is 3.07. The van der Waals surface area contributed by atoms with E-state index in [1.165, 1.54) is 22.3 Å². The molecule has 0 N–H and O–H groups in total. The van der Waals surface area contributed by atoms with Gasteiger partial charge in [0.2, 0.25) is 5.82 Å². The molecular weight excluding hydrogens is 278 g/mol. The molecule has 0 amide bonds. The van der Waals surface area contributed by atoms with Gasteiger partial charge in [-0.05, 0) is 44.0 Å². The number of hydrogen-bond acceptors (Lipinski definition) is 2. The average Bonchev–Trinajstić information content (AvgIpc) is 2.90. The molecule has 1 aromatic carbocycles. The first-order valence-corrected chi connectivity index (χ1v) is 7.68. The van der Waals surface area contributed by atoms with Gasteiger partial charge in [-0.1, -0.05) is 13.3 Å². The second kappa shape index (κ2) is 6.84. The fourth-order valence-electron chi connectivity index (χ4n) is 2.00. The second-order valence-corrected chi connectivity index (χ2v) is 5.71. The summed E-state index contributed by atoms with van der Waals surface area (Å²) in [7, 11) is 0. The van der Waals surface area contributed by atoms with Crippen LogP contribution in [0.1, 0.15) is 31.6 Å². The van der Waals surface area contributed by atoms with Crippen LogP contribution in [0.15, 0.2) is 24.3 Å². The third-order valence-electron chi connectivity index (χ3n) is 3.05. The van der Waals surface area contributed by atoms with E-state index in [2.05, 4.69) is 6.92 Å². The van der Waals surface area contributed by atoms with Crippen LogP contribution >= 0.6 is 11.3 Å². The summed E-state index contributed by atoms with van der Waals surface area (Å²) in [5.41, 5.74) is 0.304. The summed E-state index contributed by atoms with van der Waals surface area (Å²) < 4.78 is 33.0. The number of rotatable bonds is 6. The van der Waals surface area contributed by atoms with Gasteiger partial charge in [-0.2, -0.15) is 4.39 Å². The van der Waals surface area contributed by atoms with Crippen molar-refractivity contribution in [2.45, 2.75) is 33.1 Å². The molecule has 0 atom stereocenters. The van der Waals surface area contributed by atoms with Gasteiger partial charge in [0, 0.05) is 15.3 Å². The quantitative estimate of drug-likeness (QED) is 0.690. The summed E-state index contributed by atoms with van der Waals surface area (Å²) in [6.07, 6.45) is 3.22. The third-order valence-corrected chi connectivity index (χ3v) is 4.23. The molecular formula is C16H18F2OS. The fraction of sp³-hybridized carbons (Fsp3) is 0.375. The van der Waals surface area contributed by atoms with Gasteiger partial charge in [-0.15, -0.1) is 11.3 Å². The zero-order chi connectivity index (χ0) is 14.5. The van der Waals surface area contributed by atoms with Crippen molar-refractivity contribution in [2.24, 2.45) is 0 Å². The maximum absolute atomic E-state index is 14.1. The van der Waals surface area contributed by atoms with Crippen LogP contribution in [0.4, 0.5) is 8.78 Å². The molecule has 0 bridgehead atoms. The summed E-state index contributed by atoms with van der Waals surface area (Å²) in [5.74, 6) is -1.77. The molecule has 1 heterocycles. The summed E-state index contributed by atoms with van der Waals surface area (Å²) in [4.78, 5) is 1.96. The third kappa shape index (κ3) is 3.18. The van der Waals surface area contributed by atoms with Crippen molar-refractivity contribution in [1.29, 1.82) is 0 Å². The van der Waals surface area contributed by atoms with Crippen LogP contribution in [0.25, 0.3) is 10.4 Å². The standard InChI is InChI=1S/C16H18F2OS/c1-3-5-6-11-7-10-14(20-11)12-8-9-13(19-4-2)16(18)15(12)17/h7-10H,3-6H2,1-2H3. The van der Waals surface area contributed by atoms with Gasteiger partial charge in [-0.25, -0.2) is 4.39 Å². The number of hydrogen-bond donors (Lipinski definition) is 0. The number of benzene rings is 1. The second-order valence-electron chi connectivity index (χ2n) is 4.54. The van der Waals surface area contributed by atoms with Crippen LogP contribution in [-0.4, -0.2) is 6.61 Å². The van der Waals surface area contributed by atoms with Crippen LogP contribution < -0.4 is 4.74 Å². The van der Waals surface area contributed by atoms with E-state index in [0.717, 1.165) is 24.1 Å². The highest BCUT2D eigenvalue weighted by Gasteiger charge is 2.16. The van der Waals surface area contributed by atoms with Gasteiger partial charge >= 0.3 is 0 Å². The molecule has 4 heteroatoms. The van der Waals surface area contributed by atoms with Gasteiger partial charge in [0.25, 0.3) is 0 Å². The van der Waals surface area contributed by atoms with Gasteiger partial charge in [-0.3, -0.25) is 0 Å². The van der Waals surface area contributed by atoms with Crippen LogP contribution in [-0.2, 0) is 6.42 Å². The van der Waals surface area contributed by atoms with E-state index < -0.39 is 11.6 Å². The molecule has 20 heavy (non-hydrogen) atoms. The lowest BCUT2D eigenvalue weighted by molar-refractivity contribution is 0.314. The summed E-state index contributed by atoms with van der Waals surface area (Å²) >= 11 is 1.52. The highest BCUT2D eigenvalue weighted by Crippen LogP contribution is 2.34. The van der Waals surface area contributed by atoms with Crippen LogP contribution in [0.2, 0.25) is 0 Å². The summed E-state index contributed by atoms with van der Waals surface area (Å²) in [6.45, 7) is 4.19.